The van der Waals surface area contributed by atoms with Crippen LogP contribution in [-0.4, -0.2) is 81.7 Å². The first kappa shape index (κ1) is 25.2. The van der Waals surface area contributed by atoms with E-state index in [1.165, 1.54) is 5.69 Å². The Bertz CT molecular complexity index is 697. The van der Waals surface area contributed by atoms with Crippen LogP contribution >= 0.6 is 35.6 Å². The molecule has 2 N–H and O–H groups in total. The molecule has 0 radical (unpaired) electrons. The molecular formula is C22H36ClIN6. The van der Waals surface area contributed by atoms with Crippen LogP contribution in [0.15, 0.2) is 35.8 Å². The summed E-state index contributed by atoms with van der Waals surface area (Å²) in [4.78, 5) is 11.7. The van der Waals surface area contributed by atoms with Gasteiger partial charge in [-0.05, 0) is 32.0 Å². The Morgan fingerprint density at radius 3 is 2.53 bits per heavy atom. The number of piperazine rings is 1. The van der Waals surface area contributed by atoms with Gasteiger partial charge >= 0.3 is 0 Å². The number of likely N-dealkylation sites (tertiary alicyclic amines) is 1. The van der Waals surface area contributed by atoms with E-state index in [-0.39, 0.29) is 24.0 Å². The minimum absolute atomic E-state index is 0. The maximum atomic E-state index is 6.59. The Morgan fingerprint density at radius 1 is 1.20 bits per heavy atom. The molecular weight excluding hydrogens is 511 g/mol. The zero-order valence-corrected chi connectivity index (χ0v) is 21.3. The van der Waals surface area contributed by atoms with Crippen LogP contribution in [0, 0.1) is 0 Å². The summed E-state index contributed by atoms with van der Waals surface area (Å²) >= 11 is 6.59. The Labute approximate surface area is 203 Å². The third-order valence-corrected chi connectivity index (χ3v) is 6.26. The van der Waals surface area contributed by atoms with Gasteiger partial charge in [-0.3, -0.25) is 9.89 Å². The second kappa shape index (κ2) is 12.7. The van der Waals surface area contributed by atoms with E-state index in [0.717, 1.165) is 75.2 Å². The molecule has 0 aromatic heterocycles. The Balaban J connectivity index is 0.00000320. The van der Waals surface area contributed by atoms with Crippen LogP contribution in [0.5, 0.6) is 0 Å². The van der Waals surface area contributed by atoms with Crippen molar-refractivity contribution in [2.45, 2.75) is 25.4 Å². The van der Waals surface area contributed by atoms with Gasteiger partial charge in [0.2, 0.25) is 0 Å². The molecule has 3 rings (SSSR count). The summed E-state index contributed by atoms with van der Waals surface area (Å²) in [5, 5.41) is 7.88. The number of benzene rings is 1. The monoisotopic (exact) mass is 546 g/mol. The Kier molecular flexibility index (Phi) is 10.7. The minimum atomic E-state index is 0. The van der Waals surface area contributed by atoms with Gasteiger partial charge in [-0.1, -0.05) is 23.7 Å². The predicted molar refractivity (Wildman–Crippen MR) is 140 cm³/mol. The Morgan fingerprint density at radius 2 is 1.90 bits per heavy atom. The number of rotatable bonds is 6. The molecule has 0 saturated carbocycles. The topological polar surface area (TPSA) is 46.1 Å². The largest absolute Gasteiger partial charge is 0.369 e. The first-order valence-corrected chi connectivity index (χ1v) is 11.0. The van der Waals surface area contributed by atoms with E-state index in [9.17, 15) is 0 Å². The molecule has 2 fully saturated rings. The molecule has 6 nitrogen and oxygen atoms in total. The highest BCUT2D eigenvalue weighted by molar-refractivity contribution is 14.0. The summed E-state index contributed by atoms with van der Waals surface area (Å²) in [5.41, 5.74) is 2.37. The quantitative estimate of drug-likeness (QED) is 0.249. The molecule has 1 aromatic rings. The fourth-order valence-corrected chi connectivity index (χ4v) is 4.30. The third-order valence-electron chi connectivity index (χ3n) is 5.91. The number of hydrogen-bond acceptors (Lipinski definition) is 4. The maximum Gasteiger partial charge on any atom is 0.191 e. The van der Waals surface area contributed by atoms with Gasteiger partial charge in [-0.15, -0.1) is 30.6 Å². The number of aliphatic imine (C=N–C) groups is 1. The normalized spacial score (nSPS) is 19.3. The summed E-state index contributed by atoms with van der Waals surface area (Å²) < 4.78 is 0. The van der Waals surface area contributed by atoms with Crippen molar-refractivity contribution in [2.75, 3.05) is 64.8 Å². The van der Waals surface area contributed by atoms with Crippen LogP contribution in [0.3, 0.4) is 0 Å². The van der Waals surface area contributed by atoms with E-state index in [0.29, 0.717) is 12.6 Å². The zero-order valence-electron chi connectivity index (χ0n) is 18.2. The van der Waals surface area contributed by atoms with E-state index in [2.05, 4.69) is 50.0 Å². The lowest BCUT2D eigenvalue weighted by atomic mass is 10.1. The van der Waals surface area contributed by atoms with Gasteiger partial charge in [-0.25, -0.2) is 0 Å². The second-order valence-corrected chi connectivity index (χ2v) is 8.37. The lowest BCUT2D eigenvalue weighted by molar-refractivity contribution is 0.225. The van der Waals surface area contributed by atoms with E-state index >= 15 is 0 Å². The number of anilines is 1. The molecule has 2 aliphatic heterocycles. The molecule has 0 amide bonds. The molecule has 30 heavy (non-hydrogen) atoms. The Hall–Kier alpha value is -1.03. The molecule has 0 aliphatic carbocycles. The fraction of sp³-hybridized carbons (Fsp3) is 0.591. The van der Waals surface area contributed by atoms with Crippen molar-refractivity contribution < 1.29 is 0 Å². The molecule has 1 aromatic carbocycles. The van der Waals surface area contributed by atoms with Crippen LogP contribution in [0.1, 0.15) is 18.4 Å². The predicted octanol–water partition coefficient (Wildman–Crippen LogP) is 3.03. The summed E-state index contributed by atoms with van der Waals surface area (Å²) in [6.07, 6.45) is 4.22. The van der Waals surface area contributed by atoms with E-state index in [1.807, 2.05) is 25.3 Å². The van der Waals surface area contributed by atoms with Crippen LogP contribution in [0.25, 0.3) is 0 Å². The molecule has 2 heterocycles. The average Bonchev–Trinajstić information content (AvgIpc) is 2.74. The van der Waals surface area contributed by atoms with Crippen LogP contribution in [0.2, 0.25) is 5.02 Å². The summed E-state index contributed by atoms with van der Waals surface area (Å²) in [6, 6.07) is 6.65. The lowest BCUT2D eigenvalue weighted by Gasteiger charge is -2.35. The van der Waals surface area contributed by atoms with Crippen molar-refractivity contribution >= 4 is 47.2 Å². The number of nitrogens with zero attached hydrogens (tertiary/aromatic N) is 4. The summed E-state index contributed by atoms with van der Waals surface area (Å²) in [6.45, 7) is 11.9. The maximum absolute atomic E-state index is 6.59. The highest BCUT2D eigenvalue weighted by atomic mass is 127. The number of hydrogen-bond donors (Lipinski definition) is 2. The number of likely N-dealkylation sites (N-methyl/N-ethyl adjacent to an activating group) is 1. The summed E-state index contributed by atoms with van der Waals surface area (Å²) in [7, 11) is 4.01. The minimum Gasteiger partial charge on any atom is -0.369 e. The van der Waals surface area contributed by atoms with Gasteiger partial charge in [0.1, 0.15) is 0 Å². The smallest absolute Gasteiger partial charge is 0.191 e. The van der Waals surface area contributed by atoms with Crippen LogP contribution in [0.4, 0.5) is 5.69 Å². The standard InChI is InChI=1S/C22H35ClN6.HI/c1-4-10-28-11-8-18(9-12-28)26-22(24-2)25-17-19-20(23)6-5-7-21(19)29-15-13-27(3)14-16-29;/h4-7,18H,1,8-17H2,2-3H3,(H2,24,25,26);1H. The van der Waals surface area contributed by atoms with Gasteiger partial charge in [0.15, 0.2) is 5.96 Å². The van der Waals surface area contributed by atoms with E-state index in [1.54, 1.807) is 0 Å². The first-order valence-electron chi connectivity index (χ1n) is 10.6. The zero-order chi connectivity index (χ0) is 20.6. The molecule has 8 heteroatoms. The van der Waals surface area contributed by atoms with Crippen molar-refractivity contribution in [3.8, 4) is 0 Å². The fourth-order valence-electron chi connectivity index (χ4n) is 4.07. The number of halogens is 2. The number of piperidine rings is 1. The molecule has 0 bridgehead atoms. The second-order valence-electron chi connectivity index (χ2n) is 7.96. The SMILES string of the molecule is C=CCN1CCC(NC(=NC)NCc2c(Cl)cccc2N2CCN(C)CC2)CC1.I. The number of nitrogens with one attached hydrogen (secondary N) is 2. The van der Waals surface area contributed by atoms with Gasteiger partial charge in [0, 0.05) is 81.7 Å². The van der Waals surface area contributed by atoms with Crippen molar-refractivity contribution in [3.05, 3.63) is 41.4 Å². The van der Waals surface area contributed by atoms with Crippen molar-refractivity contribution in [1.82, 2.24) is 20.4 Å². The van der Waals surface area contributed by atoms with Gasteiger partial charge in [0.25, 0.3) is 0 Å². The van der Waals surface area contributed by atoms with Gasteiger partial charge < -0.3 is 20.4 Å². The molecule has 2 aliphatic rings. The highest BCUT2D eigenvalue weighted by Gasteiger charge is 2.21. The van der Waals surface area contributed by atoms with Gasteiger partial charge in [0.05, 0.1) is 0 Å². The molecule has 2 saturated heterocycles. The third kappa shape index (κ3) is 7.00. The van der Waals surface area contributed by atoms with Crippen molar-refractivity contribution in [2.24, 2.45) is 4.99 Å². The van der Waals surface area contributed by atoms with Crippen molar-refractivity contribution in [3.63, 3.8) is 0 Å². The summed E-state index contributed by atoms with van der Waals surface area (Å²) in [5.74, 6) is 0.844. The van der Waals surface area contributed by atoms with E-state index in [4.69, 9.17) is 11.6 Å². The first-order chi connectivity index (χ1) is 14.1. The van der Waals surface area contributed by atoms with Crippen molar-refractivity contribution in [1.29, 1.82) is 0 Å². The van der Waals surface area contributed by atoms with Crippen LogP contribution in [-0.2, 0) is 6.54 Å². The molecule has 0 unspecified atom stereocenters. The van der Waals surface area contributed by atoms with Crippen LogP contribution < -0.4 is 15.5 Å². The lowest BCUT2D eigenvalue weighted by Crippen LogP contribution is -2.48. The molecule has 168 valence electrons. The molecule has 0 spiro atoms. The van der Waals surface area contributed by atoms with E-state index < -0.39 is 0 Å². The highest BCUT2D eigenvalue weighted by Crippen LogP contribution is 2.28. The van der Waals surface area contributed by atoms with Gasteiger partial charge in [-0.2, -0.15) is 0 Å². The molecule has 0 atom stereocenters. The average molecular weight is 547 g/mol. The number of guanidine groups is 1.